The van der Waals surface area contributed by atoms with E-state index < -0.39 is 0 Å². The van der Waals surface area contributed by atoms with Crippen molar-refractivity contribution in [2.45, 2.75) is 6.92 Å². The second-order valence-corrected chi connectivity index (χ2v) is 4.91. The van der Waals surface area contributed by atoms with E-state index in [1.54, 1.807) is 14.2 Å². The molecule has 3 rings (SSSR count). The Morgan fingerprint density at radius 1 is 0.905 bits per heavy atom. The number of pyridine rings is 1. The summed E-state index contributed by atoms with van der Waals surface area (Å²) in [5, 5.41) is 1.10. The molecule has 0 aliphatic carbocycles. The first kappa shape index (κ1) is 13.4. The molecule has 0 saturated carbocycles. The summed E-state index contributed by atoms with van der Waals surface area (Å²) in [5.41, 5.74) is 4.04. The molecule has 1 heterocycles. The van der Waals surface area contributed by atoms with Gasteiger partial charge in [-0.3, -0.25) is 0 Å². The van der Waals surface area contributed by atoms with Crippen molar-refractivity contribution in [3.63, 3.8) is 0 Å². The van der Waals surface area contributed by atoms with E-state index in [0.717, 1.165) is 33.7 Å². The summed E-state index contributed by atoms with van der Waals surface area (Å²) in [6.07, 6.45) is 0. The number of hydrogen-bond donors (Lipinski definition) is 0. The Labute approximate surface area is 124 Å². The molecule has 0 bridgehead atoms. The average Bonchev–Trinajstić information content (AvgIpc) is 2.54. The van der Waals surface area contributed by atoms with Crippen LogP contribution in [-0.2, 0) is 0 Å². The smallest absolute Gasteiger partial charge is 0.128 e. The Kier molecular flexibility index (Phi) is 3.48. The third-order valence-electron chi connectivity index (χ3n) is 3.61. The van der Waals surface area contributed by atoms with Crippen LogP contribution < -0.4 is 9.47 Å². The highest BCUT2D eigenvalue weighted by Crippen LogP contribution is 2.31. The van der Waals surface area contributed by atoms with Gasteiger partial charge in [-0.1, -0.05) is 12.1 Å². The Morgan fingerprint density at radius 3 is 2.48 bits per heavy atom. The third-order valence-corrected chi connectivity index (χ3v) is 3.61. The maximum Gasteiger partial charge on any atom is 0.128 e. The minimum Gasteiger partial charge on any atom is -0.497 e. The maximum atomic E-state index is 5.43. The Morgan fingerprint density at radius 2 is 1.71 bits per heavy atom. The SMILES string of the molecule is COc1ccc2nc(-c3ccccc3OC)cc(C)c2c1. The lowest BCUT2D eigenvalue weighted by atomic mass is 10.0. The van der Waals surface area contributed by atoms with Gasteiger partial charge in [0.05, 0.1) is 25.4 Å². The molecule has 2 aromatic carbocycles. The molecule has 3 heteroatoms. The number of aromatic nitrogens is 1. The number of hydrogen-bond acceptors (Lipinski definition) is 3. The molecule has 0 aliphatic rings. The Bertz CT molecular complexity index is 796. The zero-order chi connectivity index (χ0) is 14.8. The number of fused-ring (bicyclic) bond motifs is 1. The van der Waals surface area contributed by atoms with Crippen LogP contribution in [0.4, 0.5) is 0 Å². The van der Waals surface area contributed by atoms with Crippen molar-refractivity contribution in [1.82, 2.24) is 4.98 Å². The summed E-state index contributed by atoms with van der Waals surface area (Å²) in [4.78, 5) is 4.75. The van der Waals surface area contributed by atoms with Gasteiger partial charge in [-0.25, -0.2) is 4.98 Å². The van der Waals surface area contributed by atoms with Gasteiger partial charge in [-0.05, 0) is 48.9 Å². The highest BCUT2D eigenvalue weighted by atomic mass is 16.5. The molecule has 0 fully saturated rings. The fourth-order valence-electron chi connectivity index (χ4n) is 2.49. The molecule has 0 N–H and O–H groups in total. The van der Waals surface area contributed by atoms with Gasteiger partial charge in [0.2, 0.25) is 0 Å². The second kappa shape index (κ2) is 5.44. The van der Waals surface area contributed by atoms with Crippen molar-refractivity contribution < 1.29 is 9.47 Å². The predicted octanol–water partition coefficient (Wildman–Crippen LogP) is 4.23. The van der Waals surface area contributed by atoms with Gasteiger partial charge in [0.25, 0.3) is 0 Å². The number of rotatable bonds is 3. The van der Waals surface area contributed by atoms with Crippen molar-refractivity contribution in [3.05, 3.63) is 54.1 Å². The predicted molar refractivity (Wildman–Crippen MR) is 85.0 cm³/mol. The van der Waals surface area contributed by atoms with E-state index in [9.17, 15) is 0 Å². The lowest BCUT2D eigenvalue weighted by molar-refractivity contribution is 0.415. The van der Waals surface area contributed by atoms with E-state index in [1.807, 2.05) is 42.5 Å². The standard InChI is InChI=1S/C18H17NO2/c1-12-10-17(14-6-4-5-7-18(14)21-3)19-16-9-8-13(20-2)11-15(12)16/h4-11H,1-3H3. The zero-order valence-corrected chi connectivity index (χ0v) is 12.4. The first-order chi connectivity index (χ1) is 10.2. The third kappa shape index (κ3) is 2.42. The van der Waals surface area contributed by atoms with Crippen LogP contribution in [0, 0.1) is 6.92 Å². The van der Waals surface area contributed by atoms with Crippen LogP contribution in [0.15, 0.2) is 48.5 Å². The van der Waals surface area contributed by atoms with Crippen LogP contribution in [0.1, 0.15) is 5.56 Å². The molecule has 1 aromatic heterocycles. The summed E-state index contributed by atoms with van der Waals surface area (Å²) in [7, 11) is 3.35. The fourth-order valence-corrected chi connectivity index (χ4v) is 2.49. The summed E-state index contributed by atoms with van der Waals surface area (Å²) in [6, 6.07) is 15.9. The van der Waals surface area contributed by atoms with Gasteiger partial charge in [0.1, 0.15) is 11.5 Å². The molecule has 21 heavy (non-hydrogen) atoms. The monoisotopic (exact) mass is 279 g/mol. The quantitative estimate of drug-likeness (QED) is 0.719. The van der Waals surface area contributed by atoms with Gasteiger partial charge in [0.15, 0.2) is 0 Å². The van der Waals surface area contributed by atoms with Crippen LogP contribution in [-0.4, -0.2) is 19.2 Å². The van der Waals surface area contributed by atoms with E-state index in [1.165, 1.54) is 5.56 Å². The molecule has 0 atom stereocenters. The van der Waals surface area contributed by atoms with E-state index in [0.29, 0.717) is 0 Å². The fraction of sp³-hybridized carbons (Fsp3) is 0.167. The summed E-state index contributed by atoms with van der Waals surface area (Å²) < 4.78 is 10.7. The molecule has 106 valence electrons. The van der Waals surface area contributed by atoms with E-state index >= 15 is 0 Å². The van der Waals surface area contributed by atoms with Crippen molar-refractivity contribution >= 4 is 10.9 Å². The van der Waals surface area contributed by atoms with Crippen LogP contribution in [0.25, 0.3) is 22.2 Å². The molecule has 0 saturated heterocycles. The topological polar surface area (TPSA) is 31.4 Å². The van der Waals surface area contributed by atoms with Gasteiger partial charge in [0, 0.05) is 10.9 Å². The highest BCUT2D eigenvalue weighted by Gasteiger charge is 2.09. The first-order valence-corrected chi connectivity index (χ1v) is 6.81. The lowest BCUT2D eigenvalue weighted by Gasteiger charge is -2.11. The number of benzene rings is 2. The van der Waals surface area contributed by atoms with E-state index in [-0.39, 0.29) is 0 Å². The van der Waals surface area contributed by atoms with E-state index in [2.05, 4.69) is 13.0 Å². The summed E-state index contributed by atoms with van der Waals surface area (Å²) >= 11 is 0. The summed E-state index contributed by atoms with van der Waals surface area (Å²) in [5.74, 6) is 1.68. The Hall–Kier alpha value is -2.55. The van der Waals surface area contributed by atoms with E-state index in [4.69, 9.17) is 14.5 Å². The van der Waals surface area contributed by atoms with Gasteiger partial charge in [-0.15, -0.1) is 0 Å². The summed E-state index contributed by atoms with van der Waals surface area (Å²) in [6.45, 7) is 2.09. The molecule has 0 unspecified atom stereocenters. The van der Waals surface area contributed by atoms with Crippen molar-refractivity contribution in [3.8, 4) is 22.8 Å². The van der Waals surface area contributed by atoms with Crippen LogP contribution in [0.5, 0.6) is 11.5 Å². The van der Waals surface area contributed by atoms with Gasteiger partial charge in [-0.2, -0.15) is 0 Å². The molecule has 3 nitrogen and oxygen atoms in total. The number of methoxy groups -OCH3 is 2. The van der Waals surface area contributed by atoms with Crippen molar-refractivity contribution in [2.75, 3.05) is 14.2 Å². The van der Waals surface area contributed by atoms with Crippen LogP contribution in [0.3, 0.4) is 0 Å². The number of para-hydroxylation sites is 1. The first-order valence-electron chi connectivity index (χ1n) is 6.81. The minimum absolute atomic E-state index is 0.831. The molecule has 3 aromatic rings. The number of ether oxygens (including phenoxy) is 2. The largest absolute Gasteiger partial charge is 0.497 e. The van der Waals surface area contributed by atoms with Crippen LogP contribution >= 0.6 is 0 Å². The Balaban J connectivity index is 2.21. The molecular formula is C18H17NO2. The average molecular weight is 279 g/mol. The normalized spacial score (nSPS) is 10.6. The second-order valence-electron chi connectivity index (χ2n) is 4.91. The van der Waals surface area contributed by atoms with Crippen molar-refractivity contribution in [1.29, 1.82) is 0 Å². The van der Waals surface area contributed by atoms with Gasteiger partial charge < -0.3 is 9.47 Å². The molecule has 0 radical (unpaired) electrons. The number of aryl methyl sites for hydroxylation is 1. The number of nitrogens with zero attached hydrogens (tertiary/aromatic N) is 1. The van der Waals surface area contributed by atoms with Gasteiger partial charge >= 0.3 is 0 Å². The molecular weight excluding hydrogens is 262 g/mol. The minimum atomic E-state index is 0.831. The molecule has 0 spiro atoms. The lowest BCUT2D eigenvalue weighted by Crippen LogP contribution is -1.93. The zero-order valence-electron chi connectivity index (χ0n) is 12.4. The van der Waals surface area contributed by atoms with Crippen LogP contribution in [0.2, 0.25) is 0 Å². The molecule has 0 amide bonds. The molecule has 0 aliphatic heterocycles. The maximum absolute atomic E-state index is 5.43. The highest BCUT2D eigenvalue weighted by molar-refractivity contribution is 5.86. The van der Waals surface area contributed by atoms with Crippen molar-refractivity contribution in [2.24, 2.45) is 0 Å².